The topological polar surface area (TPSA) is 58.1 Å². The first-order valence-corrected chi connectivity index (χ1v) is 10.9. The molecule has 29 heavy (non-hydrogen) atoms. The van der Waals surface area contributed by atoms with Crippen LogP contribution in [0.25, 0.3) is 0 Å². The van der Waals surface area contributed by atoms with Gasteiger partial charge >= 0.3 is 0 Å². The highest BCUT2D eigenvalue weighted by molar-refractivity contribution is 5.79. The van der Waals surface area contributed by atoms with Crippen LogP contribution >= 0.6 is 0 Å². The van der Waals surface area contributed by atoms with E-state index in [9.17, 15) is 0 Å². The number of morpholine rings is 1. The Labute approximate surface area is 176 Å². The largest absolute Gasteiger partial charge is 0.381 e. The maximum Gasteiger partial charge on any atom is 0.191 e. The summed E-state index contributed by atoms with van der Waals surface area (Å²) in [5.41, 5.74) is 2.92. The first-order valence-electron chi connectivity index (χ1n) is 10.9. The summed E-state index contributed by atoms with van der Waals surface area (Å²) < 4.78 is 11.2. The summed E-state index contributed by atoms with van der Waals surface area (Å²) >= 11 is 0. The Hall–Kier alpha value is -1.63. The SMILES string of the molecule is CN=C(NCC1(c2ccccc2C)CCOCC1)NCC(C)(C)N1CCOCC1. The second-order valence-electron chi connectivity index (χ2n) is 8.90. The summed E-state index contributed by atoms with van der Waals surface area (Å²) in [6.07, 6.45) is 2.06. The van der Waals surface area contributed by atoms with Gasteiger partial charge in [-0.3, -0.25) is 9.89 Å². The highest BCUT2D eigenvalue weighted by Crippen LogP contribution is 2.36. The van der Waals surface area contributed by atoms with Gasteiger partial charge in [0.2, 0.25) is 0 Å². The normalized spacial score (nSPS) is 21.0. The van der Waals surface area contributed by atoms with Crippen molar-refractivity contribution in [2.45, 2.75) is 44.6 Å². The van der Waals surface area contributed by atoms with E-state index in [1.165, 1.54) is 11.1 Å². The monoisotopic (exact) mass is 402 g/mol. The van der Waals surface area contributed by atoms with E-state index in [1.54, 1.807) is 0 Å². The fourth-order valence-corrected chi connectivity index (χ4v) is 4.53. The molecule has 0 atom stereocenters. The fourth-order valence-electron chi connectivity index (χ4n) is 4.53. The predicted octanol–water partition coefficient (Wildman–Crippen LogP) is 2.32. The summed E-state index contributed by atoms with van der Waals surface area (Å²) in [5, 5.41) is 7.18. The molecular weight excluding hydrogens is 364 g/mol. The molecule has 1 aromatic carbocycles. The molecule has 2 aliphatic heterocycles. The Bertz CT molecular complexity index is 677. The summed E-state index contributed by atoms with van der Waals surface area (Å²) in [7, 11) is 1.85. The molecule has 0 radical (unpaired) electrons. The van der Waals surface area contributed by atoms with Gasteiger partial charge in [-0.25, -0.2) is 0 Å². The van der Waals surface area contributed by atoms with Crippen molar-refractivity contribution in [3.05, 3.63) is 35.4 Å². The van der Waals surface area contributed by atoms with Crippen LogP contribution in [0.1, 0.15) is 37.8 Å². The molecule has 2 aliphatic rings. The smallest absolute Gasteiger partial charge is 0.191 e. The molecule has 0 spiro atoms. The molecule has 0 aromatic heterocycles. The third-order valence-electron chi connectivity index (χ3n) is 6.54. The van der Waals surface area contributed by atoms with Crippen LogP contribution in [-0.2, 0) is 14.9 Å². The molecule has 2 N–H and O–H groups in total. The molecule has 6 nitrogen and oxygen atoms in total. The molecular formula is C23H38N4O2. The maximum absolute atomic E-state index is 5.69. The van der Waals surface area contributed by atoms with Gasteiger partial charge in [0.1, 0.15) is 0 Å². The van der Waals surface area contributed by atoms with Crippen LogP contribution < -0.4 is 10.6 Å². The predicted molar refractivity (Wildman–Crippen MR) is 119 cm³/mol. The second-order valence-corrected chi connectivity index (χ2v) is 8.90. The molecule has 0 saturated carbocycles. The molecule has 0 bridgehead atoms. The molecule has 2 fully saturated rings. The highest BCUT2D eigenvalue weighted by atomic mass is 16.5. The lowest BCUT2D eigenvalue weighted by Gasteiger charge is -2.41. The zero-order chi connectivity index (χ0) is 20.7. The Morgan fingerprint density at radius 3 is 2.38 bits per heavy atom. The van der Waals surface area contributed by atoms with E-state index in [2.05, 4.69) is 65.6 Å². The summed E-state index contributed by atoms with van der Waals surface area (Å²) in [4.78, 5) is 6.98. The third-order valence-corrected chi connectivity index (χ3v) is 6.54. The summed E-state index contributed by atoms with van der Waals surface area (Å²) in [6.45, 7) is 13.7. The number of aliphatic imine (C=N–C) groups is 1. The van der Waals surface area contributed by atoms with Gasteiger partial charge in [-0.2, -0.15) is 0 Å². The van der Waals surface area contributed by atoms with Gasteiger partial charge in [-0.05, 0) is 44.7 Å². The van der Waals surface area contributed by atoms with Gasteiger partial charge < -0.3 is 20.1 Å². The lowest BCUT2D eigenvalue weighted by Crippen LogP contribution is -2.57. The number of guanidine groups is 1. The Kier molecular flexibility index (Phi) is 7.55. The van der Waals surface area contributed by atoms with Gasteiger partial charge in [0, 0.05) is 57.4 Å². The summed E-state index contributed by atoms with van der Waals surface area (Å²) in [5.74, 6) is 0.866. The number of nitrogens with one attached hydrogen (secondary N) is 2. The van der Waals surface area contributed by atoms with Crippen molar-refractivity contribution in [1.82, 2.24) is 15.5 Å². The van der Waals surface area contributed by atoms with Crippen molar-refractivity contribution in [3.8, 4) is 0 Å². The molecule has 162 valence electrons. The number of nitrogens with zero attached hydrogens (tertiary/aromatic N) is 2. The number of aryl methyl sites for hydroxylation is 1. The van der Waals surface area contributed by atoms with Crippen LogP contribution in [0.4, 0.5) is 0 Å². The Morgan fingerprint density at radius 1 is 1.07 bits per heavy atom. The van der Waals surface area contributed by atoms with E-state index in [4.69, 9.17) is 9.47 Å². The van der Waals surface area contributed by atoms with Crippen LogP contribution in [0.5, 0.6) is 0 Å². The first kappa shape index (κ1) is 22.1. The van der Waals surface area contributed by atoms with E-state index >= 15 is 0 Å². The molecule has 2 saturated heterocycles. The van der Waals surface area contributed by atoms with Crippen molar-refractivity contribution in [2.24, 2.45) is 4.99 Å². The van der Waals surface area contributed by atoms with Crippen LogP contribution in [-0.4, -0.2) is 76.1 Å². The minimum absolute atomic E-state index is 0.0494. The van der Waals surface area contributed by atoms with Crippen molar-refractivity contribution in [2.75, 3.05) is 59.7 Å². The lowest BCUT2D eigenvalue weighted by molar-refractivity contribution is -0.00835. The average Bonchev–Trinajstić information content (AvgIpc) is 2.75. The molecule has 1 aromatic rings. The van der Waals surface area contributed by atoms with Crippen LogP contribution in [0.2, 0.25) is 0 Å². The van der Waals surface area contributed by atoms with Crippen LogP contribution in [0.15, 0.2) is 29.3 Å². The van der Waals surface area contributed by atoms with Crippen LogP contribution in [0.3, 0.4) is 0 Å². The zero-order valence-electron chi connectivity index (χ0n) is 18.6. The lowest BCUT2D eigenvalue weighted by atomic mass is 9.72. The molecule has 0 unspecified atom stereocenters. The number of hydrogen-bond donors (Lipinski definition) is 2. The number of rotatable bonds is 6. The number of ether oxygens (including phenoxy) is 2. The van der Waals surface area contributed by atoms with Crippen molar-refractivity contribution in [3.63, 3.8) is 0 Å². The fraction of sp³-hybridized carbons (Fsp3) is 0.696. The summed E-state index contributed by atoms with van der Waals surface area (Å²) in [6, 6.07) is 8.76. The van der Waals surface area contributed by atoms with E-state index in [0.717, 1.165) is 71.4 Å². The molecule has 2 heterocycles. The van der Waals surface area contributed by atoms with Gasteiger partial charge in [-0.1, -0.05) is 24.3 Å². The van der Waals surface area contributed by atoms with Crippen molar-refractivity contribution >= 4 is 5.96 Å². The van der Waals surface area contributed by atoms with E-state index in [-0.39, 0.29) is 11.0 Å². The van der Waals surface area contributed by atoms with Gasteiger partial charge in [0.05, 0.1) is 13.2 Å². The quantitative estimate of drug-likeness (QED) is 0.565. The number of hydrogen-bond acceptors (Lipinski definition) is 4. The maximum atomic E-state index is 5.69. The molecule has 6 heteroatoms. The number of benzene rings is 1. The van der Waals surface area contributed by atoms with E-state index < -0.39 is 0 Å². The molecule has 0 amide bonds. The third kappa shape index (κ3) is 5.50. The molecule has 3 rings (SSSR count). The Balaban J connectivity index is 1.63. The minimum atomic E-state index is 0.0494. The van der Waals surface area contributed by atoms with Crippen molar-refractivity contribution < 1.29 is 9.47 Å². The van der Waals surface area contributed by atoms with E-state index in [0.29, 0.717) is 0 Å². The minimum Gasteiger partial charge on any atom is -0.381 e. The average molecular weight is 403 g/mol. The first-order chi connectivity index (χ1) is 14.0. The van der Waals surface area contributed by atoms with Crippen LogP contribution in [0, 0.1) is 6.92 Å². The van der Waals surface area contributed by atoms with Gasteiger partial charge in [0.25, 0.3) is 0 Å². The highest BCUT2D eigenvalue weighted by Gasteiger charge is 2.36. The Morgan fingerprint density at radius 2 is 1.72 bits per heavy atom. The van der Waals surface area contributed by atoms with Gasteiger partial charge in [0.15, 0.2) is 5.96 Å². The van der Waals surface area contributed by atoms with Gasteiger partial charge in [-0.15, -0.1) is 0 Å². The standard InChI is InChI=1S/C23H38N4O2/c1-19-7-5-6-8-20(19)23(9-13-28-14-10-23)18-26-21(24-4)25-17-22(2,3)27-11-15-29-16-12-27/h5-8H,9-18H2,1-4H3,(H2,24,25,26). The van der Waals surface area contributed by atoms with E-state index in [1.807, 2.05) is 7.05 Å². The van der Waals surface area contributed by atoms with Crippen molar-refractivity contribution in [1.29, 1.82) is 0 Å². The zero-order valence-corrected chi connectivity index (χ0v) is 18.6. The molecule has 0 aliphatic carbocycles. The second kappa shape index (κ2) is 9.92.